The zero-order valence-corrected chi connectivity index (χ0v) is 18.2. The maximum Gasteiger partial charge on any atom is 0.326 e. The fraction of sp³-hybridized carbons (Fsp3) is 0.227. The highest BCUT2D eigenvalue weighted by Gasteiger charge is 2.38. The summed E-state index contributed by atoms with van der Waals surface area (Å²) in [4.78, 5) is 11.8. The SMILES string of the molecule is O=C1CN(c2c(OCc3ccccc3)cc3ccc(OC(F)C(F)CF)cc3c2F)S(=O)(=O)N1. The topological polar surface area (TPSA) is 84.9 Å². The van der Waals surface area contributed by atoms with Crippen molar-refractivity contribution in [2.75, 3.05) is 17.5 Å². The minimum Gasteiger partial charge on any atom is -0.487 e. The Labute approximate surface area is 192 Å². The van der Waals surface area contributed by atoms with E-state index in [9.17, 15) is 26.4 Å². The van der Waals surface area contributed by atoms with E-state index >= 15 is 4.39 Å². The summed E-state index contributed by atoms with van der Waals surface area (Å²) in [6.45, 7) is -2.32. The molecule has 3 aromatic carbocycles. The molecule has 2 atom stereocenters. The first-order chi connectivity index (χ1) is 16.2. The number of fused-ring (bicyclic) bond motifs is 1. The number of carbonyl (C=O) groups excluding carboxylic acids is 1. The smallest absolute Gasteiger partial charge is 0.326 e. The molecule has 180 valence electrons. The number of ether oxygens (including phenoxy) is 2. The van der Waals surface area contributed by atoms with Crippen LogP contribution in [0.25, 0.3) is 10.8 Å². The molecule has 0 bridgehead atoms. The van der Waals surface area contributed by atoms with Gasteiger partial charge in [0.1, 0.15) is 37.0 Å². The third kappa shape index (κ3) is 4.72. The van der Waals surface area contributed by atoms with Crippen molar-refractivity contribution in [2.24, 2.45) is 0 Å². The lowest BCUT2D eigenvalue weighted by Crippen LogP contribution is -2.30. The normalized spacial score (nSPS) is 16.8. The van der Waals surface area contributed by atoms with Gasteiger partial charge in [0.2, 0.25) is 0 Å². The Bertz CT molecular complexity index is 1320. The molecule has 7 nitrogen and oxygen atoms in total. The Balaban J connectivity index is 1.79. The first kappa shape index (κ1) is 23.6. The molecule has 1 saturated heterocycles. The summed E-state index contributed by atoms with van der Waals surface area (Å²) in [6.07, 6.45) is -5.16. The second-order valence-corrected chi connectivity index (χ2v) is 8.97. The van der Waals surface area contributed by atoms with E-state index in [1.165, 1.54) is 18.2 Å². The van der Waals surface area contributed by atoms with Gasteiger partial charge in [-0.3, -0.25) is 4.79 Å². The summed E-state index contributed by atoms with van der Waals surface area (Å²) in [7, 11) is -4.40. The van der Waals surface area contributed by atoms with Crippen LogP contribution < -0.4 is 18.5 Å². The van der Waals surface area contributed by atoms with Gasteiger partial charge in [0.25, 0.3) is 12.3 Å². The van der Waals surface area contributed by atoms with Crippen LogP contribution in [-0.2, 0) is 21.6 Å². The molecule has 34 heavy (non-hydrogen) atoms. The maximum atomic E-state index is 15.7. The van der Waals surface area contributed by atoms with Crippen molar-refractivity contribution in [1.29, 1.82) is 0 Å². The summed E-state index contributed by atoms with van der Waals surface area (Å²) in [5.74, 6) is -2.43. The van der Waals surface area contributed by atoms with Crippen molar-refractivity contribution in [3.05, 3.63) is 66.0 Å². The van der Waals surface area contributed by atoms with Gasteiger partial charge in [0, 0.05) is 5.39 Å². The largest absolute Gasteiger partial charge is 0.487 e. The van der Waals surface area contributed by atoms with Crippen LogP contribution in [-0.4, -0.2) is 40.1 Å². The number of nitrogens with zero attached hydrogens (tertiary/aromatic N) is 1. The van der Waals surface area contributed by atoms with E-state index < -0.39 is 53.4 Å². The highest BCUT2D eigenvalue weighted by atomic mass is 32.2. The summed E-state index contributed by atoms with van der Waals surface area (Å²) in [5, 5.41) is 0.0159. The molecule has 0 radical (unpaired) electrons. The standard InChI is InChI=1S/C22H18F4N2O5S/c23-10-17(24)22(26)33-15-7-6-14-8-18(32-12-13-4-2-1-3-5-13)21(20(25)16(14)9-15)28-11-19(29)27-34(28,30)31/h1-9,17,22H,10-12H2,(H,27,29). The van der Waals surface area contributed by atoms with Crippen LogP contribution in [0.5, 0.6) is 11.5 Å². The van der Waals surface area contributed by atoms with Crippen molar-refractivity contribution >= 4 is 32.6 Å². The Morgan fingerprint density at radius 3 is 2.47 bits per heavy atom. The fourth-order valence-electron chi connectivity index (χ4n) is 3.37. The Kier molecular flexibility index (Phi) is 6.51. The zero-order chi connectivity index (χ0) is 24.5. The average Bonchev–Trinajstić information content (AvgIpc) is 3.09. The average molecular weight is 498 g/mol. The zero-order valence-electron chi connectivity index (χ0n) is 17.4. The monoisotopic (exact) mass is 498 g/mol. The summed E-state index contributed by atoms with van der Waals surface area (Å²) >= 11 is 0. The van der Waals surface area contributed by atoms with E-state index in [0.29, 0.717) is 4.31 Å². The number of nitrogens with one attached hydrogen (secondary N) is 1. The van der Waals surface area contributed by atoms with E-state index in [2.05, 4.69) is 0 Å². The molecule has 2 unspecified atom stereocenters. The van der Waals surface area contributed by atoms with Crippen molar-refractivity contribution in [1.82, 2.24) is 4.72 Å². The first-order valence-corrected chi connectivity index (χ1v) is 11.4. The summed E-state index contributed by atoms with van der Waals surface area (Å²) < 4.78 is 92.5. The highest BCUT2D eigenvalue weighted by molar-refractivity contribution is 7.92. The van der Waals surface area contributed by atoms with Crippen LogP contribution >= 0.6 is 0 Å². The number of carbonyl (C=O) groups is 1. The summed E-state index contributed by atoms with van der Waals surface area (Å²) in [6, 6.07) is 13.7. The number of alkyl halides is 3. The molecule has 3 aromatic rings. The van der Waals surface area contributed by atoms with E-state index in [-0.39, 0.29) is 28.9 Å². The Morgan fingerprint density at radius 2 is 1.82 bits per heavy atom. The predicted molar refractivity (Wildman–Crippen MR) is 115 cm³/mol. The first-order valence-electron chi connectivity index (χ1n) is 9.96. The number of hydrogen-bond donors (Lipinski definition) is 1. The lowest BCUT2D eigenvalue weighted by atomic mass is 10.1. The predicted octanol–water partition coefficient (Wildman–Crippen LogP) is 3.72. The van der Waals surface area contributed by atoms with Crippen molar-refractivity contribution in [2.45, 2.75) is 19.1 Å². The molecule has 1 heterocycles. The Hall–Kier alpha value is -3.54. The van der Waals surface area contributed by atoms with Gasteiger partial charge in [-0.25, -0.2) is 22.2 Å². The number of benzene rings is 3. The molecule has 12 heteroatoms. The number of amides is 1. The van der Waals surface area contributed by atoms with E-state index in [4.69, 9.17) is 9.47 Å². The van der Waals surface area contributed by atoms with E-state index in [1.807, 2.05) is 0 Å². The molecule has 1 aliphatic heterocycles. The molecule has 4 rings (SSSR count). The van der Waals surface area contributed by atoms with Crippen molar-refractivity contribution < 1.29 is 40.2 Å². The van der Waals surface area contributed by atoms with Gasteiger partial charge in [-0.2, -0.15) is 12.8 Å². The third-order valence-corrected chi connectivity index (χ3v) is 6.35. The lowest BCUT2D eigenvalue weighted by Gasteiger charge is -2.21. The minimum atomic E-state index is -4.40. The highest BCUT2D eigenvalue weighted by Crippen LogP contribution is 2.40. The van der Waals surface area contributed by atoms with Gasteiger partial charge in [0.05, 0.1) is 0 Å². The molecular weight excluding hydrogens is 480 g/mol. The van der Waals surface area contributed by atoms with Gasteiger partial charge in [-0.1, -0.05) is 36.4 Å². The van der Waals surface area contributed by atoms with Crippen molar-refractivity contribution in [3.63, 3.8) is 0 Å². The second-order valence-electron chi connectivity index (χ2n) is 7.37. The molecule has 0 aliphatic carbocycles. The Morgan fingerprint density at radius 1 is 1.09 bits per heavy atom. The molecule has 0 spiro atoms. The quantitative estimate of drug-likeness (QED) is 0.479. The van der Waals surface area contributed by atoms with Crippen LogP contribution in [0.15, 0.2) is 54.6 Å². The summed E-state index contributed by atoms with van der Waals surface area (Å²) in [5.41, 5.74) is 0.182. The van der Waals surface area contributed by atoms with Crippen molar-refractivity contribution in [3.8, 4) is 11.5 Å². The minimum absolute atomic E-state index is 0.0279. The van der Waals surface area contributed by atoms with Crippen LogP contribution in [0, 0.1) is 5.82 Å². The third-order valence-electron chi connectivity index (χ3n) is 4.98. The van der Waals surface area contributed by atoms with E-state index in [1.54, 1.807) is 35.1 Å². The molecule has 1 amide bonds. The molecule has 1 N–H and O–H groups in total. The van der Waals surface area contributed by atoms with Crippen LogP contribution in [0.4, 0.5) is 23.2 Å². The van der Waals surface area contributed by atoms with Crippen LogP contribution in [0.2, 0.25) is 0 Å². The van der Waals surface area contributed by atoms with Crippen LogP contribution in [0.3, 0.4) is 0 Å². The van der Waals surface area contributed by atoms with Gasteiger partial charge in [-0.15, -0.1) is 0 Å². The molecule has 0 saturated carbocycles. The van der Waals surface area contributed by atoms with Gasteiger partial charge in [-0.05, 0) is 29.1 Å². The molecule has 0 aromatic heterocycles. The van der Waals surface area contributed by atoms with Gasteiger partial charge >= 0.3 is 10.2 Å². The maximum absolute atomic E-state index is 15.7. The number of anilines is 1. The second kappa shape index (κ2) is 9.37. The van der Waals surface area contributed by atoms with Gasteiger partial charge in [0.15, 0.2) is 12.0 Å². The number of halogens is 4. The fourth-order valence-corrected chi connectivity index (χ4v) is 4.53. The lowest BCUT2D eigenvalue weighted by molar-refractivity contribution is -0.117. The number of rotatable bonds is 8. The van der Waals surface area contributed by atoms with Gasteiger partial charge < -0.3 is 9.47 Å². The molecular formula is C22H18F4N2O5S. The van der Waals surface area contributed by atoms with Crippen LogP contribution in [0.1, 0.15) is 5.56 Å². The number of hydrogen-bond acceptors (Lipinski definition) is 5. The molecule has 1 aliphatic rings. The molecule has 1 fully saturated rings. The van der Waals surface area contributed by atoms with E-state index in [0.717, 1.165) is 11.6 Å².